The zero-order valence-electron chi connectivity index (χ0n) is 14.1. The first-order valence-electron chi connectivity index (χ1n) is 8.51. The van der Waals surface area contributed by atoms with E-state index < -0.39 is 11.9 Å². The van der Waals surface area contributed by atoms with Gasteiger partial charge >= 0.3 is 6.18 Å². The highest BCUT2D eigenvalue weighted by atomic mass is 19.4. The quantitative estimate of drug-likeness (QED) is 0.823. The average molecular weight is 369 g/mol. The number of rotatable bonds is 5. The molecule has 1 aromatic heterocycles. The van der Waals surface area contributed by atoms with E-state index in [0.29, 0.717) is 29.7 Å². The van der Waals surface area contributed by atoms with E-state index >= 15 is 0 Å². The summed E-state index contributed by atoms with van der Waals surface area (Å²) in [5.74, 6) is -0.647. The van der Waals surface area contributed by atoms with E-state index in [0.717, 1.165) is 12.8 Å². The van der Waals surface area contributed by atoms with Gasteiger partial charge in [0.2, 0.25) is 5.91 Å². The Bertz CT molecular complexity index is 781. The number of nitrogens with zero attached hydrogens (tertiary/aromatic N) is 2. The van der Waals surface area contributed by atoms with Crippen LogP contribution >= 0.6 is 0 Å². The third-order valence-corrected chi connectivity index (χ3v) is 4.45. The van der Waals surface area contributed by atoms with Crippen LogP contribution in [-0.4, -0.2) is 22.2 Å². The lowest BCUT2D eigenvalue weighted by Crippen LogP contribution is -2.29. The van der Waals surface area contributed by atoms with Crippen molar-refractivity contribution >= 4 is 5.91 Å². The van der Waals surface area contributed by atoms with Crippen LogP contribution in [0.1, 0.15) is 35.4 Å². The third kappa shape index (κ3) is 4.23. The Kier molecular flexibility index (Phi) is 5.29. The Hall–Kier alpha value is -2.38. The van der Waals surface area contributed by atoms with Crippen LogP contribution in [0.3, 0.4) is 0 Å². The summed E-state index contributed by atoms with van der Waals surface area (Å²) < 4.78 is 53.6. The van der Waals surface area contributed by atoms with Crippen molar-refractivity contribution in [1.82, 2.24) is 15.1 Å². The number of benzene rings is 1. The summed E-state index contributed by atoms with van der Waals surface area (Å²) in [6, 6.07) is 5.59. The van der Waals surface area contributed by atoms with Gasteiger partial charge in [0.25, 0.3) is 0 Å². The molecule has 0 spiro atoms. The Morgan fingerprint density at radius 2 is 1.85 bits per heavy atom. The van der Waals surface area contributed by atoms with Gasteiger partial charge in [-0.2, -0.15) is 18.3 Å². The van der Waals surface area contributed by atoms with Gasteiger partial charge in [0.05, 0.1) is 13.0 Å². The van der Waals surface area contributed by atoms with Crippen LogP contribution < -0.4 is 5.32 Å². The molecule has 1 amide bonds. The van der Waals surface area contributed by atoms with E-state index in [4.69, 9.17) is 0 Å². The number of aromatic nitrogens is 2. The highest BCUT2D eigenvalue weighted by molar-refractivity contribution is 5.78. The maximum Gasteiger partial charge on any atom is 0.435 e. The van der Waals surface area contributed by atoms with Crippen molar-refractivity contribution in [2.75, 3.05) is 6.54 Å². The second kappa shape index (κ2) is 7.47. The molecule has 2 aromatic rings. The van der Waals surface area contributed by atoms with Crippen molar-refractivity contribution in [3.05, 3.63) is 52.6 Å². The molecule has 0 unspecified atom stereocenters. The molecular formula is C18H19F4N3O. The summed E-state index contributed by atoms with van der Waals surface area (Å²) >= 11 is 0. The van der Waals surface area contributed by atoms with Crippen molar-refractivity contribution in [2.24, 2.45) is 0 Å². The van der Waals surface area contributed by atoms with E-state index in [2.05, 4.69) is 10.4 Å². The number of nitrogens with one attached hydrogen (secondary N) is 1. The van der Waals surface area contributed by atoms with Gasteiger partial charge in [-0.1, -0.05) is 12.1 Å². The molecule has 3 rings (SSSR count). The molecule has 1 N–H and O–H groups in total. The molecule has 0 saturated heterocycles. The first-order valence-corrected chi connectivity index (χ1v) is 8.51. The molecule has 1 aromatic carbocycles. The third-order valence-electron chi connectivity index (χ3n) is 4.45. The standard InChI is InChI=1S/C18H19F4N3O/c19-13-7-5-12(6-8-13)11-16(26)23-9-10-25-15-4-2-1-3-14(15)17(24-25)18(20,21)22/h5-8H,1-4,9-11H2,(H,23,26). The van der Waals surface area contributed by atoms with Crippen LogP contribution in [0.15, 0.2) is 24.3 Å². The molecular weight excluding hydrogens is 350 g/mol. The maximum atomic E-state index is 13.1. The molecule has 0 aliphatic heterocycles. The highest BCUT2D eigenvalue weighted by Crippen LogP contribution is 2.35. The van der Waals surface area contributed by atoms with Crippen molar-refractivity contribution in [3.63, 3.8) is 0 Å². The second-order valence-corrected chi connectivity index (χ2v) is 6.36. The van der Waals surface area contributed by atoms with E-state index in [1.54, 1.807) is 0 Å². The minimum atomic E-state index is -4.46. The lowest BCUT2D eigenvalue weighted by Gasteiger charge is -2.15. The summed E-state index contributed by atoms with van der Waals surface area (Å²) in [6.07, 6.45) is -1.84. The van der Waals surface area contributed by atoms with Gasteiger partial charge in [-0.25, -0.2) is 4.39 Å². The van der Waals surface area contributed by atoms with E-state index in [1.807, 2.05) is 0 Å². The molecule has 140 valence electrons. The number of alkyl halides is 3. The van der Waals surface area contributed by atoms with E-state index in [-0.39, 0.29) is 31.2 Å². The Morgan fingerprint density at radius 3 is 2.54 bits per heavy atom. The predicted molar refractivity (Wildman–Crippen MR) is 87.0 cm³/mol. The predicted octanol–water partition coefficient (Wildman–Crippen LogP) is 3.28. The van der Waals surface area contributed by atoms with E-state index in [1.165, 1.54) is 28.9 Å². The molecule has 0 atom stereocenters. The molecule has 0 bridgehead atoms. The number of hydrogen-bond donors (Lipinski definition) is 1. The van der Waals surface area contributed by atoms with Crippen LogP contribution in [0, 0.1) is 5.82 Å². The first-order chi connectivity index (χ1) is 12.3. The molecule has 1 aliphatic rings. The van der Waals surface area contributed by atoms with Crippen molar-refractivity contribution in [2.45, 2.75) is 44.8 Å². The molecule has 0 radical (unpaired) electrons. The van der Waals surface area contributed by atoms with Crippen LogP contribution in [0.5, 0.6) is 0 Å². The van der Waals surface area contributed by atoms with Crippen LogP contribution in [0.2, 0.25) is 0 Å². The van der Waals surface area contributed by atoms with Crippen molar-refractivity contribution in [1.29, 1.82) is 0 Å². The molecule has 1 aliphatic carbocycles. The average Bonchev–Trinajstić information content (AvgIpc) is 2.96. The fourth-order valence-electron chi connectivity index (χ4n) is 3.23. The molecule has 1 heterocycles. The minimum Gasteiger partial charge on any atom is -0.354 e. The molecule has 0 fully saturated rings. The van der Waals surface area contributed by atoms with Crippen LogP contribution in [-0.2, 0) is 36.8 Å². The summed E-state index contributed by atoms with van der Waals surface area (Å²) in [5, 5.41) is 6.43. The summed E-state index contributed by atoms with van der Waals surface area (Å²) in [7, 11) is 0. The van der Waals surface area contributed by atoms with Gasteiger partial charge in [0.15, 0.2) is 5.69 Å². The molecule has 4 nitrogen and oxygen atoms in total. The van der Waals surface area contributed by atoms with Crippen LogP contribution in [0.25, 0.3) is 0 Å². The fraction of sp³-hybridized carbons (Fsp3) is 0.444. The van der Waals surface area contributed by atoms with Crippen LogP contribution in [0.4, 0.5) is 17.6 Å². The van der Waals surface area contributed by atoms with Crippen molar-refractivity contribution < 1.29 is 22.4 Å². The number of amides is 1. The van der Waals surface area contributed by atoms with Gasteiger partial charge in [-0.15, -0.1) is 0 Å². The molecule has 0 saturated carbocycles. The number of hydrogen-bond acceptors (Lipinski definition) is 2. The number of halogens is 4. The topological polar surface area (TPSA) is 46.9 Å². The van der Waals surface area contributed by atoms with Gasteiger partial charge in [-0.3, -0.25) is 9.48 Å². The molecule has 26 heavy (non-hydrogen) atoms. The maximum absolute atomic E-state index is 13.1. The fourth-order valence-corrected chi connectivity index (χ4v) is 3.23. The molecule has 8 heteroatoms. The highest BCUT2D eigenvalue weighted by Gasteiger charge is 2.39. The SMILES string of the molecule is O=C(Cc1ccc(F)cc1)NCCn1nc(C(F)(F)F)c2c1CCCC2. The van der Waals surface area contributed by atoms with Gasteiger partial charge in [0.1, 0.15) is 5.82 Å². The smallest absolute Gasteiger partial charge is 0.354 e. The summed E-state index contributed by atoms with van der Waals surface area (Å²) in [4.78, 5) is 11.9. The minimum absolute atomic E-state index is 0.0886. The number of carbonyl (C=O) groups excluding carboxylic acids is 1. The lowest BCUT2D eigenvalue weighted by molar-refractivity contribution is -0.142. The first kappa shape index (κ1) is 18.4. The Morgan fingerprint density at radius 1 is 1.15 bits per heavy atom. The Labute approximate surface area is 148 Å². The lowest BCUT2D eigenvalue weighted by atomic mass is 9.95. The number of carbonyl (C=O) groups is 1. The normalized spacial score (nSPS) is 14.2. The van der Waals surface area contributed by atoms with E-state index in [9.17, 15) is 22.4 Å². The van der Waals surface area contributed by atoms with Gasteiger partial charge in [-0.05, 0) is 43.4 Å². The zero-order valence-corrected chi connectivity index (χ0v) is 14.1. The number of fused-ring (bicyclic) bond motifs is 1. The second-order valence-electron chi connectivity index (χ2n) is 6.36. The van der Waals surface area contributed by atoms with Gasteiger partial charge in [0, 0.05) is 17.8 Å². The largest absolute Gasteiger partial charge is 0.435 e. The monoisotopic (exact) mass is 369 g/mol. The zero-order chi connectivity index (χ0) is 18.7. The summed E-state index contributed by atoms with van der Waals surface area (Å²) in [6.45, 7) is 0.374. The van der Waals surface area contributed by atoms with Gasteiger partial charge < -0.3 is 5.32 Å². The summed E-state index contributed by atoms with van der Waals surface area (Å²) in [5.41, 5.74) is 0.780. The Balaban J connectivity index is 1.60. The van der Waals surface area contributed by atoms with Crippen molar-refractivity contribution in [3.8, 4) is 0 Å².